The number of amides is 4. The lowest BCUT2D eigenvalue weighted by Gasteiger charge is -2.35. The summed E-state index contributed by atoms with van der Waals surface area (Å²) in [4.78, 5) is 75.5. The molecule has 2 bridgehead atoms. The van der Waals surface area contributed by atoms with Crippen LogP contribution in [-0.4, -0.2) is 86.9 Å². The van der Waals surface area contributed by atoms with Crippen LogP contribution in [0.15, 0.2) is 30.5 Å². The van der Waals surface area contributed by atoms with E-state index in [9.17, 15) is 24.0 Å². The first kappa shape index (κ1) is 32.5. The Labute approximate surface area is 264 Å². The number of Topliss-reactive ketones (excluding diaryl/α,β-unsaturated/α-hetero) is 1. The molecule has 0 saturated carbocycles. The van der Waals surface area contributed by atoms with E-state index in [1.54, 1.807) is 16.7 Å². The van der Waals surface area contributed by atoms with Gasteiger partial charge in [0.2, 0.25) is 11.8 Å². The van der Waals surface area contributed by atoms with Crippen molar-refractivity contribution in [3.05, 3.63) is 36.0 Å². The average Bonchev–Trinajstić information content (AvgIpc) is 3.76. The fourth-order valence-electron chi connectivity index (χ4n) is 6.85. The number of fused-ring (bicyclic) bond motifs is 4. The zero-order valence-electron chi connectivity index (χ0n) is 26.8. The van der Waals surface area contributed by atoms with Crippen LogP contribution in [0.2, 0.25) is 0 Å². The molecule has 1 unspecified atom stereocenters. The van der Waals surface area contributed by atoms with Gasteiger partial charge in [0.25, 0.3) is 11.8 Å². The number of hydrazine groups is 2. The van der Waals surface area contributed by atoms with Crippen LogP contribution in [0.1, 0.15) is 84.1 Å². The lowest BCUT2D eigenvalue weighted by atomic mass is 9.95. The van der Waals surface area contributed by atoms with E-state index in [1.165, 1.54) is 10.0 Å². The Morgan fingerprint density at radius 1 is 1.02 bits per heavy atom. The van der Waals surface area contributed by atoms with Gasteiger partial charge in [0, 0.05) is 37.4 Å². The SMILES string of the molecule is CCC(=O)CCCCC[C@@H]1NC(=O)[C@H]2CCCN2C(=O)[C@H](C(C)CC)N2NN(C1=O)[C@@H](Cc1cn(OC)c3ccccc13)C2=O. The molecule has 3 aliphatic heterocycles. The summed E-state index contributed by atoms with van der Waals surface area (Å²) in [5.74, 6) is -1.45. The minimum Gasteiger partial charge on any atom is -0.417 e. The first-order chi connectivity index (χ1) is 21.7. The van der Waals surface area contributed by atoms with Crippen LogP contribution in [0.3, 0.4) is 0 Å². The fourth-order valence-corrected chi connectivity index (χ4v) is 6.85. The van der Waals surface area contributed by atoms with E-state index in [1.807, 2.05) is 51.2 Å². The zero-order chi connectivity index (χ0) is 32.2. The van der Waals surface area contributed by atoms with Gasteiger partial charge in [0.1, 0.15) is 37.1 Å². The number of carbonyl (C=O) groups is 5. The number of hydrogen-bond acceptors (Lipinski definition) is 7. The van der Waals surface area contributed by atoms with E-state index < -0.39 is 30.1 Å². The smallest absolute Gasteiger partial charge is 0.263 e. The first-order valence-corrected chi connectivity index (χ1v) is 16.4. The molecule has 0 radical (unpaired) electrons. The van der Waals surface area contributed by atoms with Crippen LogP contribution in [0.25, 0.3) is 10.9 Å². The summed E-state index contributed by atoms with van der Waals surface area (Å²) < 4.78 is 1.63. The van der Waals surface area contributed by atoms with Crippen LogP contribution in [0.4, 0.5) is 0 Å². The number of hydrogen-bond donors (Lipinski definition) is 2. The van der Waals surface area contributed by atoms with E-state index in [0.717, 1.165) is 22.9 Å². The Hall–Kier alpha value is -3.93. The Morgan fingerprint density at radius 3 is 2.53 bits per heavy atom. The van der Waals surface area contributed by atoms with Crippen molar-refractivity contribution in [2.75, 3.05) is 13.7 Å². The second kappa shape index (κ2) is 14.0. The predicted molar refractivity (Wildman–Crippen MR) is 167 cm³/mol. The van der Waals surface area contributed by atoms with E-state index in [2.05, 4.69) is 10.9 Å². The van der Waals surface area contributed by atoms with Crippen molar-refractivity contribution in [1.29, 1.82) is 0 Å². The van der Waals surface area contributed by atoms with Crippen molar-refractivity contribution in [2.24, 2.45) is 5.92 Å². The van der Waals surface area contributed by atoms with Crippen molar-refractivity contribution in [3.8, 4) is 0 Å². The molecule has 3 saturated heterocycles. The van der Waals surface area contributed by atoms with Gasteiger partial charge in [-0.15, -0.1) is 5.53 Å². The van der Waals surface area contributed by atoms with E-state index >= 15 is 0 Å². The molecular weight excluding hydrogens is 576 g/mol. The van der Waals surface area contributed by atoms with Gasteiger partial charge in [-0.3, -0.25) is 24.0 Å². The number of rotatable bonds is 12. The maximum atomic E-state index is 14.4. The number of aromatic nitrogens is 1. The molecule has 1 aromatic carbocycles. The molecule has 3 fully saturated rings. The number of benzene rings is 1. The minimum absolute atomic E-state index is 0.179. The summed E-state index contributed by atoms with van der Waals surface area (Å²) in [6, 6.07) is 4.24. The molecule has 0 aliphatic carbocycles. The second-order valence-corrected chi connectivity index (χ2v) is 12.5. The quantitative estimate of drug-likeness (QED) is 0.348. The number of nitrogens with zero attached hydrogens (tertiary/aromatic N) is 4. The molecule has 4 heterocycles. The molecule has 2 aromatic rings. The number of ketones is 1. The highest BCUT2D eigenvalue weighted by atomic mass is 16.6. The largest absolute Gasteiger partial charge is 0.417 e. The number of unbranched alkanes of at least 4 members (excludes halogenated alkanes) is 2. The number of carbonyl (C=O) groups excluding carboxylic acids is 5. The third-order valence-electron chi connectivity index (χ3n) is 9.67. The van der Waals surface area contributed by atoms with Gasteiger partial charge < -0.3 is 15.1 Å². The lowest BCUT2D eigenvalue weighted by Crippen LogP contribution is -2.58. The highest BCUT2D eigenvalue weighted by molar-refractivity contribution is 5.99. The maximum absolute atomic E-state index is 14.4. The van der Waals surface area contributed by atoms with E-state index in [4.69, 9.17) is 4.84 Å². The number of nitrogens with one attached hydrogen (secondary N) is 2. The molecule has 5 atom stereocenters. The van der Waals surface area contributed by atoms with Crippen molar-refractivity contribution >= 4 is 40.3 Å². The Bertz CT molecular complexity index is 1440. The van der Waals surface area contributed by atoms with E-state index in [0.29, 0.717) is 57.9 Å². The highest BCUT2D eigenvalue weighted by Gasteiger charge is 2.51. The first-order valence-electron chi connectivity index (χ1n) is 16.4. The van der Waals surface area contributed by atoms with Gasteiger partial charge in [-0.2, -0.15) is 4.73 Å². The van der Waals surface area contributed by atoms with Crippen LogP contribution in [0.5, 0.6) is 0 Å². The molecule has 5 rings (SSSR count). The Morgan fingerprint density at radius 2 is 1.80 bits per heavy atom. The summed E-state index contributed by atoms with van der Waals surface area (Å²) in [6.07, 6.45) is 7.19. The predicted octanol–water partition coefficient (Wildman–Crippen LogP) is 2.53. The summed E-state index contributed by atoms with van der Waals surface area (Å²) in [6.45, 7) is 6.14. The normalized spacial score (nSPS) is 24.6. The topological polar surface area (TPSA) is 133 Å². The molecule has 244 valence electrons. The third kappa shape index (κ3) is 6.43. The van der Waals surface area contributed by atoms with Crippen molar-refractivity contribution < 1.29 is 28.8 Å². The summed E-state index contributed by atoms with van der Waals surface area (Å²) in [7, 11) is 1.56. The molecule has 4 amide bonds. The third-order valence-corrected chi connectivity index (χ3v) is 9.67. The van der Waals surface area contributed by atoms with E-state index in [-0.39, 0.29) is 35.8 Å². The highest BCUT2D eigenvalue weighted by Crippen LogP contribution is 2.30. The zero-order valence-corrected chi connectivity index (χ0v) is 26.8. The van der Waals surface area contributed by atoms with Gasteiger partial charge in [-0.25, -0.2) is 10.0 Å². The van der Waals surface area contributed by atoms with Gasteiger partial charge in [-0.1, -0.05) is 58.2 Å². The average molecular weight is 623 g/mol. The molecule has 45 heavy (non-hydrogen) atoms. The second-order valence-electron chi connectivity index (χ2n) is 12.5. The summed E-state index contributed by atoms with van der Waals surface area (Å²) in [5.41, 5.74) is 4.70. The van der Waals surface area contributed by atoms with Gasteiger partial charge in [0.15, 0.2) is 0 Å². The Kier molecular flexibility index (Phi) is 10.1. The van der Waals surface area contributed by atoms with Gasteiger partial charge in [0.05, 0.1) is 5.52 Å². The lowest BCUT2D eigenvalue weighted by molar-refractivity contribution is -0.151. The minimum atomic E-state index is -0.955. The number of para-hydroxylation sites is 1. The molecule has 3 aliphatic rings. The molecular formula is C33H46N6O6. The van der Waals surface area contributed by atoms with Crippen molar-refractivity contribution in [3.63, 3.8) is 0 Å². The van der Waals surface area contributed by atoms with Crippen LogP contribution < -0.4 is 15.7 Å². The Balaban J connectivity index is 1.51. The monoisotopic (exact) mass is 622 g/mol. The van der Waals surface area contributed by atoms with Gasteiger partial charge in [-0.05, 0) is 43.2 Å². The summed E-state index contributed by atoms with van der Waals surface area (Å²) in [5, 5.41) is 6.52. The molecule has 12 nitrogen and oxygen atoms in total. The molecule has 12 heteroatoms. The van der Waals surface area contributed by atoms with Crippen LogP contribution >= 0.6 is 0 Å². The molecule has 0 spiro atoms. The molecule has 1 aromatic heterocycles. The van der Waals surface area contributed by atoms with Crippen LogP contribution in [-0.2, 0) is 30.4 Å². The van der Waals surface area contributed by atoms with Crippen LogP contribution in [0, 0.1) is 5.92 Å². The standard InChI is InChI=1S/C33H46N6O6/c1-5-21(3)29-33(44)36-18-12-17-27(36)30(41)34-25(15-9-7-8-13-23(40)6-2)31(42)38-28(32(43)39(29)35-38)19-22-20-37(45-4)26-16-11-10-14-24(22)26/h10-11,14,16,20-21,25,27-29,35H,5-9,12-13,15,17-19H2,1-4H3,(H,34,41)/t21?,25-,27+,28-,29-/m0/s1. The van der Waals surface area contributed by atoms with Crippen molar-refractivity contribution in [1.82, 2.24) is 30.5 Å². The van der Waals surface area contributed by atoms with Gasteiger partial charge >= 0.3 is 0 Å². The molecule has 2 N–H and O–H groups in total. The summed E-state index contributed by atoms with van der Waals surface area (Å²) >= 11 is 0. The maximum Gasteiger partial charge on any atom is 0.263 e. The fraction of sp³-hybridized carbons (Fsp3) is 0.606. The van der Waals surface area contributed by atoms with Crippen molar-refractivity contribution in [2.45, 2.75) is 109 Å².